The molecule has 0 bridgehead atoms. The SMILES string of the molecule is Cc1cc(-n2nc3c(c2-n2ccn(-c4ccc5c(cnn5CCOCC5CC5)c4F)c2=O)[C@H](C)N(C(=O)c2cc4cc([C@H]5CCOC(C)(C)C5)ccc4n2[C@]2(c4noc(=O)[nH]4)C[C@@H]2C)CC3)cc(C)c1F. The van der Waals surface area contributed by atoms with E-state index in [0.29, 0.717) is 103 Å². The van der Waals surface area contributed by atoms with Crippen LogP contribution in [0, 0.1) is 37.3 Å². The summed E-state index contributed by atoms with van der Waals surface area (Å²) in [6, 6.07) is 14.4. The first kappa shape index (κ1) is 45.2. The highest BCUT2D eigenvalue weighted by atomic mass is 19.1. The first-order valence-electron chi connectivity index (χ1n) is 24.7. The van der Waals surface area contributed by atoms with Crippen molar-refractivity contribution < 1.29 is 27.6 Å². The van der Waals surface area contributed by atoms with E-state index in [4.69, 9.17) is 19.1 Å². The number of aryl methyl sites for hydroxylation is 2. The van der Waals surface area contributed by atoms with E-state index in [1.165, 1.54) is 34.4 Å². The zero-order valence-corrected chi connectivity index (χ0v) is 40.7. The molecule has 2 aliphatic heterocycles. The Morgan fingerprint density at radius 3 is 2.42 bits per heavy atom. The van der Waals surface area contributed by atoms with Crippen LogP contribution in [-0.2, 0) is 28.0 Å². The number of fused-ring (bicyclic) bond motifs is 3. The van der Waals surface area contributed by atoms with Crippen molar-refractivity contribution in [1.82, 2.24) is 48.3 Å². The second-order valence-electron chi connectivity index (χ2n) is 20.9. The lowest BCUT2D eigenvalue weighted by Crippen LogP contribution is -2.41. The molecule has 2 aliphatic carbocycles. The fourth-order valence-electron chi connectivity index (χ4n) is 11.6. The summed E-state index contributed by atoms with van der Waals surface area (Å²) in [6.45, 7) is 14.1. The summed E-state index contributed by atoms with van der Waals surface area (Å²) in [6.07, 6.45) is 9.61. The molecule has 8 aromatic rings. The van der Waals surface area contributed by atoms with Crippen LogP contribution < -0.4 is 11.4 Å². The van der Waals surface area contributed by atoms with E-state index in [0.717, 1.165) is 29.3 Å². The van der Waals surface area contributed by atoms with Gasteiger partial charge in [0.2, 0.25) is 0 Å². The number of nitrogens with one attached hydrogen (secondary N) is 1. The first-order chi connectivity index (χ1) is 34.1. The first-order valence-corrected chi connectivity index (χ1v) is 24.7. The van der Waals surface area contributed by atoms with Gasteiger partial charge >= 0.3 is 11.4 Å². The van der Waals surface area contributed by atoms with Crippen LogP contribution in [0.4, 0.5) is 8.78 Å². The largest absolute Gasteiger partial charge is 0.438 e. The van der Waals surface area contributed by atoms with Crippen molar-refractivity contribution >= 4 is 27.7 Å². The molecule has 1 amide bonds. The van der Waals surface area contributed by atoms with Crippen LogP contribution in [0.1, 0.15) is 116 Å². The van der Waals surface area contributed by atoms with Gasteiger partial charge in [-0.3, -0.25) is 28.1 Å². The van der Waals surface area contributed by atoms with Crippen molar-refractivity contribution in [2.45, 2.75) is 110 Å². The number of aromatic amines is 1. The summed E-state index contributed by atoms with van der Waals surface area (Å²) < 4.78 is 56.8. The highest BCUT2D eigenvalue weighted by molar-refractivity contribution is 6.00. The number of imidazole rings is 1. The Hall–Kier alpha value is -6.92. The second-order valence-corrected chi connectivity index (χ2v) is 20.9. The molecule has 3 aromatic carbocycles. The van der Waals surface area contributed by atoms with Crippen LogP contribution in [0.25, 0.3) is 39.0 Å². The number of hydrogen-bond donors (Lipinski definition) is 1. The Labute approximate surface area is 406 Å². The smallest absolute Gasteiger partial charge is 0.379 e. The number of hydrogen-bond acceptors (Lipinski definition) is 9. The van der Waals surface area contributed by atoms with E-state index in [9.17, 15) is 9.59 Å². The molecule has 1 N–H and O–H groups in total. The molecule has 3 fully saturated rings. The maximum absolute atomic E-state index is 16.6. The Morgan fingerprint density at radius 1 is 0.944 bits per heavy atom. The third kappa shape index (κ3) is 7.42. The summed E-state index contributed by atoms with van der Waals surface area (Å²) >= 11 is 0. The van der Waals surface area contributed by atoms with E-state index in [2.05, 4.69) is 54.2 Å². The second kappa shape index (κ2) is 16.6. The molecule has 4 atom stereocenters. The fraction of sp³-hybridized carbons (Fsp3) is 0.434. The normalized spacial score (nSPS) is 21.9. The number of halogens is 2. The molecular weight excluding hydrogens is 911 g/mol. The van der Waals surface area contributed by atoms with Crippen molar-refractivity contribution in [2.24, 2.45) is 11.8 Å². The summed E-state index contributed by atoms with van der Waals surface area (Å²) in [5.41, 5.74) is 3.90. The molecule has 12 rings (SSSR count). The molecule has 5 aromatic heterocycles. The summed E-state index contributed by atoms with van der Waals surface area (Å²) in [4.78, 5) is 47.6. The minimum absolute atomic E-state index is 0.00643. The summed E-state index contributed by atoms with van der Waals surface area (Å²) in [5.74, 6) is -0.317. The van der Waals surface area contributed by atoms with Crippen molar-refractivity contribution in [3.8, 4) is 17.2 Å². The van der Waals surface area contributed by atoms with E-state index in [1.807, 2.05) is 17.6 Å². The van der Waals surface area contributed by atoms with Crippen LogP contribution in [0.5, 0.6) is 0 Å². The van der Waals surface area contributed by atoms with Gasteiger partial charge in [0.05, 0.1) is 59.0 Å². The van der Waals surface area contributed by atoms with Crippen molar-refractivity contribution in [1.29, 1.82) is 0 Å². The number of H-pyrrole nitrogens is 1. The number of rotatable bonds is 12. The molecule has 368 valence electrons. The number of carbonyl (C=O) groups is 1. The van der Waals surface area contributed by atoms with Crippen molar-refractivity contribution in [2.75, 3.05) is 26.4 Å². The molecule has 0 radical (unpaired) electrons. The minimum atomic E-state index is -0.864. The Balaban J connectivity index is 0.956. The Morgan fingerprint density at radius 2 is 1.70 bits per heavy atom. The molecule has 16 nitrogen and oxygen atoms in total. The van der Waals surface area contributed by atoms with Crippen molar-refractivity contribution in [3.63, 3.8) is 0 Å². The maximum Gasteiger partial charge on any atom is 0.438 e. The van der Waals surface area contributed by atoms with Crippen LogP contribution in [0.15, 0.2) is 81.2 Å². The monoisotopic (exact) mass is 966 g/mol. The van der Waals surface area contributed by atoms with Crippen molar-refractivity contribution in [3.05, 3.63) is 139 Å². The lowest BCUT2D eigenvalue weighted by atomic mass is 9.83. The van der Waals surface area contributed by atoms with Crippen LogP contribution in [0.2, 0.25) is 0 Å². The standard InChI is InChI=1S/C53H56F2N10O6/c1-29-21-37(22-30(2)45(29)54)65-47(62-17-16-61(51(62)68)42-12-11-41-38(46(42)55)27-56-63(41)18-20-69-28-33-7-8-33)44-32(4)60(15-13-39(44)58-65)48(66)43-24-36-23-34(35-14-19-70-52(5,6)26-35)9-10-40(36)64(43)53(25-31(53)3)49-57-50(67)71-59-49/h9-12,16-17,21-24,27,31-33,35H,7-8,13-15,18-20,25-26,28H2,1-6H3,(H,57,59,67)/t31-,32-,35-,53+/m0/s1. The van der Waals surface area contributed by atoms with Gasteiger partial charge < -0.3 is 18.9 Å². The third-order valence-corrected chi connectivity index (χ3v) is 15.6. The topological polar surface area (TPSA) is 165 Å². The van der Waals surface area contributed by atoms with Gasteiger partial charge in [-0.25, -0.2) is 23.1 Å². The summed E-state index contributed by atoms with van der Waals surface area (Å²) in [5, 5.41) is 14.9. The van der Waals surface area contributed by atoms with Gasteiger partial charge in [0.25, 0.3) is 5.91 Å². The average Bonchev–Trinajstić information content (AvgIpc) is 3.84. The van der Waals surface area contributed by atoms with E-state index < -0.39 is 28.8 Å². The summed E-state index contributed by atoms with van der Waals surface area (Å²) in [7, 11) is 0. The number of benzene rings is 3. The molecule has 0 unspecified atom stereocenters. The number of ether oxygens (including phenoxy) is 2. The zero-order valence-electron chi connectivity index (χ0n) is 40.7. The maximum atomic E-state index is 16.6. The van der Waals surface area contributed by atoms with Gasteiger partial charge in [-0.15, -0.1) is 0 Å². The van der Waals surface area contributed by atoms with Crippen LogP contribution >= 0.6 is 0 Å². The molecule has 4 aliphatic rings. The molecule has 7 heterocycles. The van der Waals surface area contributed by atoms with Gasteiger partial charge in [-0.2, -0.15) is 10.2 Å². The van der Waals surface area contributed by atoms with Gasteiger partial charge in [0.1, 0.15) is 22.9 Å². The molecular formula is C53H56F2N10O6. The minimum Gasteiger partial charge on any atom is -0.379 e. The predicted octanol–water partition coefficient (Wildman–Crippen LogP) is 8.33. The van der Waals surface area contributed by atoms with Gasteiger partial charge in [-0.05, 0) is 144 Å². The zero-order chi connectivity index (χ0) is 49.2. The predicted molar refractivity (Wildman–Crippen MR) is 260 cm³/mol. The number of carbonyl (C=O) groups excluding carboxylic acids is 1. The fourth-order valence-corrected chi connectivity index (χ4v) is 11.6. The number of aromatic nitrogens is 9. The molecule has 0 spiro atoms. The lowest BCUT2D eigenvalue weighted by molar-refractivity contribution is -0.0592. The van der Waals surface area contributed by atoms with Gasteiger partial charge in [-0.1, -0.05) is 18.1 Å². The number of nitrogens with zero attached hydrogens (tertiary/aromatic N) is 9. The van der Waals surface area contributed by atoms with Gasteiger partial charge in [0, 0.05) is 55.0 Å². The molecule has 18 heteroatoms. The highest BCUT2D eigenvalue weighted by Crippen LogP contribution is 2.56. The molecule has 2 saturated carbocycles. The van der Waals surface area contributed by atoms with Gasteiger partial charge in [0.15, 0.2) is 11.6 Å². The van der Waals surface area contributed by atoms with E-state index >= 15 is 13.6 Å². The Bertz CT molecular complexity index is 3540. The molecule has 1 saturated heterocycles. The van der Waals surface area contributed by atoms with E-state index in [1.54, 1.807) is 58.6 Å². The Kier molecular flexibility index (Phi) is 10.6. The van der Waals surface area contributed by atoms with Crippen LogP contribution in [-0.4, -0.2) is 86.2 Å². The quantitative estimate of drug-likeness (QED) is 0.119. The average molecular weight is 967 g/mol. The van der Waals surface area contributed by atoms with Crippen LogP contribution in [0.3, 0.4) is 0 Å². The van der Waals surface area contributed by atoms with E-state index in [-0.39, 0.29) is 40.2 Å². The highest BCUT2D eigenvalue weighted by Gasteiger charge is 2.59. The molecule has 71 heavy (non-hydrogen) atoms. The lowest BCUT2D eigenvalue weighted by Gasteiger charge is -2.35. The third-order valence-electron chi connectivity index (χ3n) is 15.6. The number of amides is 1.